The number of morpholine rings is 1. The number of hydrogen-bond donors (Lipinski definition) is 1. The summed E-state index contributed by atoms with van der Waals surface area (Å²) in [7, 11) is 0. The number of allylic oxidation sites excluding steroid dienone is 1. The Morgan fingerprint density at radius 2 is 2.00 bits per heavy atom. The molecule has 2 aromatic rings. The van der Waals surface area contributed by atoms with Crippen molar-refractivity contribution in [1.82, 2.24) is 9.47 Å². The Kier molecular flexibility index (Phi) is 6.33. The van der Waals surface area contributed by atoms with Crippen LogP contribution in [0.15, 0.2) is 46.6 Å². The molecule has 8 heteroatoms. The summed E-state index contributed by atoms with van der Waals surface area (Å²) in [5.74, 6) is -0.279. The molecule has 1 aromatic carbocycles. The first-order valence-electron chi connectivity index (χ1n) is 10.4. The minimum absolute atomic E-state index is 0.00351. The van der Waals surface area contributed by atoms with E-state index >= 15 is 0 Å². The van der Waals surface area contributed by atoms with Crippen LogP contribution in [-0.2, 0) is 11.3 Å². The molecule has 0 spiro atoms. The molecule has 0 bridgehead atoms. The number of nitriles is 1. The summed E-state index contributed by atoms with van der Waals surface area (Å²) >= 11 is 6.45. The maximum Gasteiger partial charge on any atom is 0.258 e. The molecule has 4 rings (SSSR count). The van der Waals surface area contributed by atoms with E-state index in [0.717, 1.165) is 45.0 Å². The predicted octanol–water partition coefficient (Wildman–Crippen LogP) is 2.75. The van der Waals surface area contributed by atoms with Gasteiger partial charge in [-0.3, -0.25) is 9.69 Å². The van der Waals surface area contributed by atoms with Crippen LogP contribution in [0.2, 0.25) is 5.02 Å². The number of nitrogens with zero attached hydrogens (tertiary/aromatic N) is 3. The van der Waals surface area contributed by atoms with Crippen molar-refractivity contribution in [2.45, 2.75) is 25.8 Å². The molecule has 0 aliphatic carbocycles. The first kappa shape index (κ1) is 21.4. The molecule has 1 fully saturated rings. The van der Waals surface area contributed by atoms with E-state index in [0.29, 0.717) is 28.4 Å². The normalized spacial score (nSPS) is 18.9. The molecular formula is C23H25ClN4O3. The molecule has 162 valence electrons. The fraction of sp³-hybridized carbons (Fsp3) is 0.391. The van der Waals surface area contributed by atoms with Gasteiger partial charge in [0.1, 0.15) is 17.4 Å². The molecule has 0 radical (unpaired) electrons. The maximum atomic E-state index is 13.6. The topological polar surface area (TPSA) is 93.5 Å². The summed E-state index contributed by atoms with van der Waals surface area (Å²) in [5, 5.41) is 10.2. The minimum atomic E-state index is -0.666. The first-order chi connectivity index (χ1) is 15.0. The highest BCUT2D eigenvalue weighted by molar-refractivity contribution is 6.31. The molecule has 1 atom stereocenters. The molecule has 31 heavy (non-hydrogen) atoms. The van der Waals surface area contributed by atoms with E-state index in [1.165, 1.54) is 0 Å². The van der Waals surface area contributed by atoms with Crippen LogP contribution in [-0.4, -0.2) is 42.3 Å². The van der Waals surface area contributed by atoms with Gasteiger partial charge in [-0.1, -0.05) is 29.8 Å². The molecule has 2 N–H and O–H groups in total. The number of ether oxygens (including phenoxy) is 2. The fourth-order valence-electron chi connectivity index (χ4n) is 4.26. The molecule has 2 aliphatic heterocycles. The van der Waals surface area contributed by atoms with Gasteiger partial charge in [0.05, 0.1) is 24.7 Å². The predicted molar refractivity (Wildman–Crippen MR) is 118 cm³/mol. The number of benzene rings is 1. The number of rotatable bonds is 5. The van der Waals surface area contributed by atoms with E-state index in [-0.39, 0.29) is 17.0 Å². The molecule has 0 amide bonds. The van der Waals surface area contributed by atoms with Gasteiger partial charge in [-0.15, -0.1) is 0 Å². The van der Waals surface area contributed by atoms with Crippen molar-refractivity contribution >= 4 is 11.6 Å². The van der Waals surface area contributed by atoms with Crippen LogP contribution in [0, 0.1) is 18.3 Å². The second-order valence-electron chi connectivity index (χ2n) is 7.77. The Balaban J connectivity index is 1.72. The van der Waals surface area contributed by atoms with Gasteiger partial charge in [0.15, 0.2) is 0 Å². The number of aryl methyl sites for hydroxylation is 1. The number of fused-ring (bicyclic) bond motifs is 1. The second kappa shape index (κ2) is 9.15. The summed E-state index contributed by atoms with van der Waals surface area (Å²) in [6, 6.07) is 11.1. The third kappa shape index (κ3) is 4.19. The van der Waals surface area contributed by atoms with Gasteiger partial charge in [0.2, 0.25) is 5.88 Å². The van der Waals surface area contributed by atoms with Gasteiger partial charge in [-0.05, 0) is 25.0 Å². The summed E-state index contributed by atoms with van der Waals surface area (Å²) < 4.78 is 12.8. The van der Waals surface area contributed by atoms with Gasteiger partial charge in [0.25, 0.3) is 5.56 Å². The average Bonchev–Trinajstić information content (AvgIpc) is 2.76. The van der Waals surface area contributed by atoms with Crippen molar-refractivity contribution in [1.29, 1.82) is 5.26 Å². The number of aromatic nitrogens is 1. The summed E-state index contributed by atoms with van der Waals surface area (Å²) in [5.41, 5.74) is 7.92. The van der Waals surface area contributed by atoms with Crippen molar-refractivity contribution in [3.8, 4) is 11.8 Å². The van der Waals surface area contributed by atoms with E-state index in [9.17, 15) is 10.1 Å². The Bertz CT molecular complexity index is 1110. The lowest BCUT2D eigenvalue weighted by Crippen LogP contribution is -2.38. The van der Waals surface area contributed by atoms with Gasteiger partial charge in [-0.25, -0.2) is 0 Å². The third-order valence-electron chi connectivity index (χ3n) is 5.87. The Hall–Kier alpha value is -2.79. The van der Waals surface area contributed by atoms with E-state index < -0.39 is 5.92 Å². The van der Waals surface area contributed by atoms with Crippen molar-refractivity contribution in [3.05, 3.63) is 74.0 Å². The van der Waals surface area contributed by atoms with Crippen LogP contribution in [0.1, 0.15) is 29.2 Å². The zero-order chi connectivity index (χ0) is 22.0. The standard InChI is InChI=1S/C23H25ClN4O3/c1-15-13-19-21(23(29)28(15)8-4-7-27-9-11-30-12-10-27)20(17(14-25)22(26)31-19)16-5-2-3-6-18(16)24/h2-3,5-6,13,20H,4,7-12,26H2,1H3/t20-/m1/s1. The van der Waals surface area contributed by atoms with Gasteiger partial charge in [0, 0.05) is 43.0 Å². The van der Waals surface area contributed by atoms with E-state index in [2.05, 4.69) is 11.0 Å². The monoisotopic (exact) mass is 440 g/mol. The molecular weight excluding hydrogens is 416 g/mol. The fourth-order valence-corrected chi connectivity index (χ4v) is 4.51. The molecule has 3 heterocycles. The molecule has 7 nitrogen and oxygen atoms in total. The van der Waals surface area contributed by atoms with Gasteiger partial charge >= 0.3 is 0 Å². The molecule has 2 aliphatic rings. The quantitative estimate of drug-likeness (QED) is 0.768. The maximum absolute atomic E-state index is 13.6. The highest BCUT2D eigenvalue weighted by Gasteiger charge is 2.35. The summed E-state index contributed by atoms with van der Waals surface area (Å²) in [4.78, 5) is 16.0. The SMILES string of the molecule is Cc1cc2c(c(=O)n1CCCN1CCOCC1)[C@H](c1ccccc1Cl)C(C#N)=C(N)O2. The highest BCUT2D eigenvalue weighted by Crippen LogP contribution is 2.42. The van der Waals surface area contributed by atoms with Crippen LogP contribution in [0.25, 0.3) is 0 Å². The molecule has 1 aromatic heterocycles. The number of hydrogen-bond acceptors (Lipinski definition) is 6. The highest BCUT2D eigenvalue weighted by atomic mass is 35.5. The summed E-state index contributed by atoms with van der Waals surface area (Å²) in [6.07, 6.45) is 0.834. The largest absolute Gasteiger partial charge is 0.440 e. The van der Waals surface area contributed by atoms with Gasteiger partial charge < -0.3 is 19.8 Å². The number of pyridine rings is 1. The molecule has 0 saturated carbocycles. The first-order valence-corrected chi connectivity index (χ1v) is 10.8. The van der Waals surface area contributed by atoms with Crippen molar-refractivity contribution in [3.63, 3.8) is 0 Å². The third-order valence-corrected chi connectivity index (χ3v) is 6.21. The van der Waals surface area contributed by atoms with Crippen molar-refractivity contribution in [2.24, 2.45) is 5.73 Å². The van der Waals surface area contributed by atoms with Crippen LogP contribution in [0.3, 0.4) is 0 Å². The lowest BCUT2D eigenvalue weighted by Gasteiger charge is -2.28. The van der Waals surface area contributed by atoms with Crippen LogP contribution >= 0.6 is 11.6 Å². The lowest BCUT2D eigenvalue weighted by atomic mass is 9.84. The van der Waals surface area contributed by atoms with Crippen molar-refractivity contribution < 1.29 is 9.47 Å². The van der Waals surface area contributed by atoms with Gasteiger partial charge in [-0.2, -0.15) is 5.26 Å². The van der Waals surface area contributed by atoms with Crippen LogP contribution in [0.5, 0.6) is 5.75 Å². The van der Waals surface area contributed by atoms with Crippen LogP contribution in [0.4, 0.5) is 0 Å². The minimum Gasteiger partial charge on any atom is -0.440 e. The van der Waals surface area contributed by atoms with E-state index in [1.54, 1.807) is 10.6 Å². The van der Waals surface area contributed by atoms with Crippen molar-refractivity contribution in [2.75, 3.05) is 32.8 Å². The van der Waals surface area contributed by atoms with E-state index in [1.807, 2.05) is 31.2 Å². The Morgan fingerprint density at radius 1 is 1.26 bits per heavy atom. The zero-order valence-corrected chi connectivity index (χ0v) is 18.2. The average molecular weight is 441 g/mol. The Morgan fingerprint density at radius 3 is 2.71 bits per heavy atom. The second-order valence-corrected chi connectivity index (χ2v) is 8.18. The van der Waals surface area contributed by atoms with Crippen LogP contribution < -0.4 is 16.0 Å². The molecule has 0 unspecified atom stereocenters. The number of nitrogens with two attached hydrogens (primary N) is 1. The smallest absolute Gasteiger partial charge is 0.258 e. The zero-order valence-electron chi connectivity index (χ0n) is 17.4. The molecule has 1 saturated heterocycles. The Labute approximate surface area is 186 Å². The number of halogens is 1. The summed E-state index contributed by atoms with van der Waals surface area (Å²) in [6.45, 7) is 6.67. The van der Waals surface area contributed by atoms with E-state index in [4.69, 9.17) is 26.8 Å². The lowest BCUT2D eigenvalue weighted by molar-refractivity contribution is 0.0369.